The zero-order chi connectivity index (χ0) is 13.9. The lowest BCUT2D eigenvalue weighted by Crippen LogP contribution is -1.98. The van der Waals surface area contributed by atoms with Crippen LogP contribution >= 0.6 is 23.2 Å². The molecule has 2 aliphatic heterocycles. The van der Waals surface area contributed by atoms with Gasteiger partial charge in [-0.05, 0) is 24.3 Å². The second-order valence-corrected chi connectivity index (χ2v) is 5.71. The molecule has 98 valence electrons. The van der Waals surface area contributed by atoms with E-state index in [1.165, 1.54) is 0 Å². The molecule has 0 spiro atoms. The predicted molar refractivity (Wildman–Crippen MR) is 84.9 cm³/mol. The quantitative estimate of drug-likeness (QED) is 0.440. The number of hydrogen-bond donors (Lipinski definition) is 0. The van der Waals surface area contributed by atoms with E-state index in [1.54, 1.807) is 0 Å². The van der Waals surface area contributed by atoms with E-state index in [2.05, 4.69) is 21.7 Å². The lowest BCUT2D eigenvalue weighted by atomic mass is 10.1. The van der Waals surface area contributed by atoms with Crippen molar-refractivity contribution in [3.05, 3.63) is 52.5 Å². The van der Waals surface area contributed by atoms with Crippen molar-refractivity contribution in [2.75, 3.05) is 0 Å². The molecule has 0 atom stereocenters. The summed E-state index contributed by atoms with van der Waals surface area (Å²) >= 11 is 12.3. The molecule has 0 saturated carbocycles. The maximum atomic E-state index is 6.14. The van der Waals surface area contributed by atoms with E-state index in [0.29, 0.717) is 10.0 Å². The van der Waals surface area contributed by atoms with Crippen LogP contribution in [0.2, 0.25) is 10.0 Å². The van der Waals surface area contributed by atoms with Gasteiger partial charge in [-0.15, -0.1) is 0 Å². The first-order valence-electron chi connectivity index (χ1n) is 6.28. The molecule has 2 heterocycles. The highest BCUT2D eigenvalue weighted by Crippen LogP contribution is 2.36. The summed E-state index contributed by atoms with van der Waals surface area (Å²) in [4.78, 5) is 4.68. The number of aromatic nitrogens is 2. The van der Waals surface area contributed by atoms with Gasteiger partial charge < -0.3 is 4.57 Å². The van der Waals surface area contributed by atoms with Gasteiger partial charge in [0.15, 0.2) is 0 Å². The van der Waals surface area contributed by atoms with E-state index in [-0.39, 0.29) is 0 Å². The van der Waals surface area contributed by atoms with E-state index in [4.69, 9.17) is 23.2 Å². The van der Waals surface area contributed by atoms with Crippen LogP contribution in [0.3, 0.4) is 0 Å². The van der Waals surface area contributed by atoms with Crippen molar-refractivity contribution in [2.24, 2.45) is 7.05 Å². The van der Waals surface area contributed by atoms with Gasteiger partial charge in [0.25, 0.3) is 0 Å². The zero-order valence-corrected chi connectivity index (χ0v) is 12.2. The van der Waals surface area contributed by atoms with Crippen molar-refractivity contribution in [3.63, 3.8) is 0 Å². The van der Waals surface area contributed by atoms with Gasteiger partial charge in [-0.1, -0.05) is 41.4 Å². The molecule has 0 saturated heterocycles. The average Bonchev–Trinajstić information content (AvgIpc) is 2.80. The average molecular weight is 301 g/mol. The first-order chi connectivity index (χ1) is 9.65. The second kappa shape index (κ2) is 4.11. The molecule has 20 heavy (non-hydrogen) atoms. The summed E-state index contributed by atoms with van der Waals surface area (Å²) < 4.78 is 2.13. The fraction of sp³-hybridized carbons (Fsp3) is 0.0625. The van der Waals surface area contributed by atoms with Crippen LogP contribution in [0.25, 0.3) is 33.2 Å². The van der Waals surface area contributed by atoms with E-state index in [9.17, 15) is 0 Å². The number of aryl methyl sites for hydroxylation is 1. The van der Waals surface area contributed by atoms with Crippen LogP contribution in [0.15, 0.2) is 42.5 Å². The standard InChI is InChI=1S/C16H10Cl2N2/c1-20-15-8-12(18)11(17)6-9(15)7-14-16(20)10-4-2-3-5-13(10)19-14/h2-8H,1H3. The topological polar surface area (TPSA) is 17.8 Å². The molecule has 0 bridgehead atoms. The molecular weight excluding hydrogens is 291 g/mol. The van der Waals surface area contributed by atoms with Crippen molar-refractivity contribution in [3.8, 4) is 11.4 Å². The van der Waals surface area contributed by atoms with Gasteiger partial charge in [0.2, 0.25) is 0 Å². The minimum absolute atomic E-state index is 0.564. The Morgan fingerprint density at radius 1 is 1.00 bits per heavy atom. The first-order valence-corrected chi connectivity index (χ1v) is 7.03. The molecular formula is C16H10Cl2N2. The highest BCUT2D eigenvalue weighted by atomic mass is 35.5. The molecule has 0 radical (unpaired) electrons. The fourth-order valence-electron chi connectivity index (χ4n) is 2.77. The van der Waals surface area contributed by atoms with Gasteiger partial charge >= 0.3 is 0 Å². The Hall–Kier alpha value is -1.77. The molecule has 2 nitrogen and oxygen atoms in total. The van der Waals surface area contributed by atoms with Crippen LogP contribution in [0.4, 0.5) is 0 Å². The van der Waals surface area contributed by atoms with Crippen LogP contribution in [0.1, 0.15) is 0 Å². The SMILES string of the molecule is Cn1c2c3ccccc3nc-2cc2cc(Cl)c(Cl)cc21. The Balaban J connectivity index is 2.26. The van der Waals surface area contributed by atoms with Crippen LogP contribution in [-0.2, 0) is 7.05 Å². The van der Waals surface area contributed by atoms with Crippen molar-refractivity contribution in [1.29, 1.82) is 0 Å². The summed E-state index contributed by atoms with van der Waals surface area (Å²) in [6.07, 6.45) is 0. The third-order valence-electron chi connectivity index (χ3n) is 3.70. The van der Waals surface area contributed by atoms with E-state index < -0.39 is 0 Å². The Morgan fingerprint density at radius 3 is 2.60 bits per heavy atom. The third-order valence-corrected chi connectivity index (χ3v) is 4.42. The molecule has 4 heteroatoms. The molecule has 0 N–H and O–H groups in total. The largest absolute Gasteiger partial charge is 0.342 e. The van der Waals surface area contributed by atoms with Gasteiger partial charge in [0, 0.05) is 23.3 Å². The lowest BCUT2D eigenvalue weighted by Gasteiger charge is -2.13. The molecule has 0 amide bonds. The number of rotatable bonds is 0. The third kappa shape index (κ3) is 1.55. The number of fused-ring (bicyclic) bond motifs is 4. The summed E-state index contributed by atoms with van der Waals surface area (Å²) in [5.74, 6) is 0. The minimum atomic E-state index is 0.564. The molecule has 2 aromatic carbocycles. The molecule has 0 aliphatic carbocycles. The van der Waals surface area contributed by atoms with Crippen LogP contribution < -0.4 is 0 Å². The second-order valence-electron chi connectivity index (χ2n) is 4.89. The fourth-order valence-corrected chi connectivity index (χ4v) is 3.10. The molecule has 4 rings (SSSR count). The molecule has 0 aromatic heterocycles. The number of benzene rings is 2. The van der Waals surface area contributed by atoms with Gasteiger partial charge in [-0.25, -0.2) is 4.98 Å². The summed E-state index contributed by atoms with van der Waals surface area (Å²) in [5.41, 5.74) is 4.14. The summed E-state index contributed by atoms with van der Waals surface area (Å²) in [6.45, 7) is 0. The summed E-state index contributed by atoms with van der Waals surface area (Å²) in [5, 5.41) is 3.32. The summed E-state index contributed by atoms with van der Waals surface area (Å²) in [6, 6.07) is 14.0. The van der Waals surface area contributed by atoms with Crippen molar-refractivity contribution < 1.29 is 0 Å². The first kappa shape index (κ1) is 12.0. The highest BCUT2D eigenvalue weighted by Gasteiger charge is 2.16. The molecule has 0 unspecified atom stereocenters. The monoisotopic (exact) mass is 300 g/mol. The zero-order valence-electron chi connectivity index (χ0n) is 10.7. The van der Waals surface area contributed by atoms with Crippen LogP contribution in [-0.4, -0.2) is 9.55 Å². The maximum absolute atomic E-state index is 6.14. The number of para-hydroxylation sites is 1. The van der Waals surface area contributed by atoms with Crippen LogP contribution in [0, 0.1) is 0 Å². The summed E-state index contributed by atoms with van der Waals surface area (Å²) in [7, 11) is 2.03. The molecule has 2 aromatic rings. The van der Waals surface area contributed by atoms with Crippen molar-refractivity contribution in [2.45, 2.75) is 0 Å². The van der Waals surface area contributed by atoms with E-state index in [1.807, 2.05) is 37.4 Å². The van der Waals surface area contributed by atoms with Gasteiger partial charge in [-0.3, -0.25) is 0 Å². The Kier molecular flexibility index (Phi) is 2.47. The van der Waals surface area contributed by atoms with Crippen LogP contribution in [0.5, 0.6) is 0 Å². The van der Waals surface area contributed by atoms with Gasteiger partial charge in [0.05, 0.1) is 26.9 Å². The highest BCUT2D eigenvalue weighted by molar-refractivity contribution is 6.42. The van der Waals surface area contributed by atoms with E-state index in [0.717, 1.165) is 33.2 Å². The maximum Gasteiger partial charge on any atom is 0.0887 e. The molecule has 0 fully saturated rings. The number of halogens is 2. The normalized spacial score (nSPS) is 11.8. The Labute approximate surface area is 125 Å². The smallest absolute Gasteiger partial charge is 0.0887 e. The predicted octanol–water partition coefficient (Wildman–Crippen LogP) is 5.14. The molecule has 2 aliphatic rings. The Morgan fingerprint density at radius 2 is 1.75 bits per heavy atom. The number of pyridine rings is 1. The number of nitrogens with zero attached hydrogens (tertiary/aromatic N) is 2. The Bertz CT molecular complexity index is 940. The lowest BCUT2D eigenvalue weighted by molar-refractivity contribution is 0.967. The van der Waals surface area contributed by atoms with Crippen molar-refractivity contribution >= 4 is 45.0 Å². The van der Waals surface area contributed by atoms with Gasteiger partial charge in [-0.2, -0.15) is 0 Å². The minimum Gasteiger partial charge on any atom is -0.342 e. The number of hydrogen-bond acceptors (Lipinski definition) is 1. The van der Waals surface area contributed by atoms with Gasteiger partial charge in [0.1, 0.15) is 0 Å². The van der Waals surface area contributed by atoms with Crippen molar-refractivity contribution in [1.82, 2.24) is 9.55 Å². The van der Waals surface area contributed by atoms with E-state index >= 15 is 0 Å².